The summed E-state index contributed by atoms with van der Waals surface area (Å²) in [5.74, 6) is 0.112. The molecule has 0 unspecified atom stereocenters. The number of amides is 1. The van der Waals surface area contributed by atoms with E-state index in [0.29, 0.717) is 28.1 Å². The van der Waals surface area contributed by atoms with E-state index in [1.54, 1.807) is 48.5 Å². The Morgan fingerprint density at radius 2 is 1.81 bits per heavy atom. The van der Waals surface area contributed by atoms with E-state index in [1.807, 2.05) is 6.07 Å². The molecule has 0 aliphatic rings. The monoisotopic (exact) mass is 357 g/mol. The number of aromatic nitrogens is 3. The van der Waals surface area contributed by atoms with E-state index < -0.39 is 0 Å². The Kier molecular flexibility index (Phi) is 4.10. The number of nitrogens with zero attached hydrogens (tertiary/aromatic N) is 2. The van der Waals surface area contributed by atoms with Crippen LogP contribution in [0.5, 0.6) is 0 Å². The summed E-state index contributed by atoms with van der Waals surface area (Å²) in [5.41, 5.74) is 8.14. The van der Waals surface area contributed by atoms with Crippen molar-refractivity contribution in [1.82, 2.24) is 15.0 Å². The molecule has 2 aromatic heterocycles. The summed E-state index contributed by atoms with van der Waals surface area (Å²) >= 11 is 0. The van der Waals surface area contributed by atoms with E-state index in [4.69, 9.17) is 5.73 Å². The van der Waals surface area contributed by atoms with Crippen LogP contribution in [-0.2, 0) is 0 Å². The van der Waals surface area contributed by atoms with Crippen LogP contribution in [0.3, 0.4) is 0 Å². The number of H-pyrrole nitrogens is 1. The van der Waals surface area contributed by atoms with Gasteiger partial charge in [-0.25, -0.2) is 4.98 Å². The lowest BCUT2D eigenvalue weighted by Crippen LogP contribution is -2.14. The van der Waals surface area contributed by atoms with Gasteiger partial charge in [-0.3, -0.25) is 14.6 Å². The fraction of sp³-hybridized carbons (Fsp3) is 0. The van der Waals surface area contributed by atoms with Crippen LogP contribution < -0.4 is 16.6 Å². The zero-order chi connectivity index (χ0) is 18.8. The number of hydrogen-bond acceptors (Lipinski definition) is 5. The highest BCUT2D eigenvalue weighted by Crippen LogP contribution is 2.19. The number of carbonyl (C=O) groups excluding carboxylic acids is 1. The van der Waals surface area contributed by atoms with Crippen molar-refractivity contribution < 1.29 is 4.79 Å². The number of nitrogens with two attached hydrogens (primary N) is 1. The second-order valence-corrected chi connectivity index (χ2v) is 5.94. The minimum absolute atomic E-state index is 0.194. The normalized spacial score (nSPS) is 10.7. The summed E-state index contributed by atoms with van der Waals surface area (Å²) in [7, 11) is 0. The number of nitrogens with one attached hydrogen (secondary N) is 2. The number of benzene rings is 2. The first-order chi connectivity index (χ1) is 13.1. The molecule has 0 atom stereocenters. The number of carbonyl (C=O) groups is 1. The van der Waals surface area contributed by atoms with Gasteiger partial charge in [0.2, 0.25) is 0 Å². The topological polar surface area (TPSA) is 114 Å². The number of fused-ring (bicyclic) bond motifs is 1. The van der Waals surface area contributed by atoms with Crippen LogP contribution in [0.2, 0.25) is 0 Å². The van der Waals surface area contributed by atoms with Crippen LogP contribution in [0.4, 0.5) is 11.4 Å². The van der Waals surface area contributed by atoms with Crippen molar-refractivity contribution in [3.8, 4) is 11.4 Å². The predicted octanol–water partition coefficient (Wildman–Crippen LogP) is 2.82. The maximum absolute atomic E-state index is 12.2. The summed E-state index contributed by atoms with van der Waals surface area (Å²) < 4.78 is 0. The molecule has 2 aromatic carbocycles. The van der Waals surface area contributed by atoms with Crippen LogP contribution in [0, 0.1) is 0 Å². The molecule has 4 N–H and O–H groups in total. The number of anilines is 2. The number of aromatic amines is 1. The lowest BCUT2D eigenvalue weighted by molar-refractivity contribution is 0.102. The number of rotatable bonds is 3. The van der Waals surface area contributed by atoms with E-state index >= 15 is 0 Å². The van der Waals surface area contributed by atoms with E-state index in [2.05, 4.69) is 20.3 Å². The molecule has 4 rings (SSSR count). The third-order valence-corrected chi connectivity index (χ3v) is 4.05. The molecular formula is C20H15N5O2. The van der Waals surface area contributed by atoms with Gasteiger partial charge in [0.05, 0.1) is 10.9 Å². The van der Waals surface area contributed by atoms with Crippen LogP contribution in [0.15, 0.2) is 71.7 Å². The number of para-hydroxylation sites is 1. The average Bonchev–Trinajstić information content (AvgIpc) is 2.68. The fourth-order valence-electron chi connectivity index (χ4n) is 2.70. The van der Waals surface area contributed by atoms with Gasteiger partial charge in [-0.2, -0.15) is 0 Å². The second kappa shape index (κ2) is 6.72. The molecule has 0 fully saturated rings. The van der Waals surface area contributed by atoms with E-state index in [0.717, 1.165) is 5.56 Å². The van der Waals surface area contributed by atoms with Crippen molar-refractivity contribution in [2.75, 3.05) is 11.1 Å². The summed E-state index contributed by atoms with van der Waals surface area (Å²) in [6.07, 6.45) is 1.48. The predicted molar refractivity (Wildman–Crippen MR) is 104 cm³/mol. The van der Waals surface area contributed by atoms with Gasteiger partial charge < -0.3 is 16.0 Å². The SMILES string of the molecule is Nc1ccnc(C(=O)Nc2ccc(-c3nc4ccccc4c(=O)[nH]3)cc2)c1. The molecule has 4 aromatic rings. The van der Waals surface area contributed by atoms with E-state index in [1.165, 1.54) is 12.3 Å². The van der Waals surface area contributed by atoms with Crippen molar-refractivity contribution in [3.05, 3.63) is 82.9 Å². The number of nitrogen functional groups attached to an aromatic ring is 1. The van der Waals surface area contributed by atoms with E-state index in [-0.39, 0.29) is 17.2 Å². The zero-order valence-electron chi connectivity index (χ0n) is 14.1. The van der Waals surface area contributed by atoms with Gasteiger partial charge in [0, 0.05) is 23.1 Å². The first-order valence-electron chi connectivity index (χ1n) is 8.22. The second-order valence-electron chi connectivity index (χ2n) is 5.94. The third kappa shape index (κ3) is 3.38. The molecule has 7 nitrogen and oxygen atoms in total. The molecule has 0 spiro atoms. The largest absolute Gasteiger partial charge is 0.399 e. The lowest BCUT2D eigenvalue weighted by Gasteiger charge is -2.07. The molecule has 27 heavy (non-hydrogen) atoms. The quantitative estimate of drug-likeness (QED) is 0.522. The molecule has 0 aliphatic heterocycles. The summed E-state index contributed by atoms with van der Waals surface area (Å²) in [4.78, 5) is 35.7. The van der Waals surface area contributed by atoms with Crippen molar-refractivity contribution in [2.24, 2.45) is 0 Å². The Hall–Kier alpha value is -4.00. The highest BCUT2D eigenvalue weighted by atomic mass is 16.2. The Labute approximate surface area is 153 Å². The van der Waals surface area contributed by atoms with Gasteiger partial charge in [-0.1, -0.05) is 12.1 Å². The van der Waals surface area contributed by atoms with Crippen LogP contribution in [0.1, 0.15) is 10.5 Å². The molecule has 7 heteroatoms. The molecule has 0 saturated heterocycles. The van der Waals surface area contributed by atoms with E-state index in [9.17, 15) is 9.59 Å². The van der Waals surface area contributed by atoms with Gasteiger partial charge in [0.1, 0.15) is 11.5 Å². The van der Waals surface area contributed by atoms with Crippen LogP contribution in [-0.4, -0.2) is 20.9 Å². The minimum atomic E-state index is -0.354. The molecule has 132 valence electrons. The summed E-state index contributed by atoms with van der Waals surface area (Å²) in [6, 6.07) is 17.3. The first-order valence-corrected chi connectivity index (χ1v) is 8.22. The van der Waals surface area contributed by atoms with Gasteiger partial charge in [-0.15, -0.1) is 0 Å². The van der Waals surface area contributed by atoms with Crippen LogP contribution >= 0.6 is 0 Å². The minimum Gasteiger partial charge on any atom is -0.399 e. The molecule has 2 heterocycles. The van der Waals surface area contributed by atoms with Crippen molar-refractivity contribution in [2.45, 2.75) is 0 Å². The smallest absolute Gasteiger partial charge is 0.274 e. The Bertz CT molecular complexity index is 1200. The maximum Gasteiger partial charge on any atom is 0.274 e. The molecule has 0 saturated carbocycles. The number of pyridine rings is 1. The van der Waals surface area contributed by atoms with Gasteiger partial charge in [0.15, 0.2) is 0 Å². The lowest BCUT2D eigenvalue weighted by atomic mass is 10.1. The fourth-order valence-corrected chi connectivity index (χ4v) is 2.70. The van der Waals surface area contributed by atoms with Gasteiger partial charge in [-0.05, 0) is 48.5 Å². The Balaban J connectivity index is 1.59. The Morgan fingerprint density at radius 3 is 2.59 bits per heavy atom. The van der Waals surface area contributed by atoms with Gasteiger partial charge in [0.25, 0.3) is 11.5 Å². The zero-order valence-corrected chi connectivity index (χ0v) is 14.1. The summed E-state index contributed by atoms with van der Waals surface area (Å²) in [5, 5.41) is 3.30. The van der Waals surface area contributed by atoms with Crippen molar-refractivity contribution in [1.29, 1.82) is 0 Å². The third-order valence-electron chi connectivity index (χ3n) is 4.05. The molecule has 1 amide bonds. The molecule has 0 aliphatic carbocycles. The first kappa shape index (κ1) is 16.5. The average molecular weight is 357 g/mol. The molecule has 0 radical (unpaired) electrons. The number of hydrogen-bond donors (Lipinski definition) is 3. The van der Waals surface area contributed by atoms with Crippen molar-refractivity contribution >= 4 is 28.2 Å². The molecular weight excluding hydrogens is 342 g/mol. The summed E-state index contributed by atoms with van der Waals surface area (Å²) in [6.45, 7) is 0. The van der Waals surface area contributed by atoms with Gasteiger partial charge >= 0.3 is 0 Å². The van der Waals surface area contributed by atoms with Crippen LogP contribution in [0.25, 0.3) is 22.3 Å². The highest BCUT2D eigenvalue weighted by Gasteiger charge is 2.09. The Morgan fingerprint density at radius 1 is 1.04 bits per heavy atom. The maximum atomic E-state index is 12.2. The highest BCUT2D eigenvalue weighted by molar-refractivity contribution is 6.03. The standard InChI is InChI=1S/C20H15N5O2/c21-13-9-10-22-17(11-13)20(27)23-14-7-5-12(6-8-14)18-24-16-4-2-1-3-15(16)19(26)25-18/h1-11H,(H2,21,22)(H,23,27)(H,24,25,26). The van der Waals surface area contributed by atoms with Crippen molar-refractivity contribution in [3.63, 3.8) is 0 Å². The molecule has 0 bridgehead atoms.